The van der Waals surface area contributed by atoms with Crippen molar-refractivity contribution in [3.8, 4) is 11.5 Å². The number of hydrogen-bond acceptors (Lipinski definition) is 3. The second-order valence-electron chi connectivity index (χ2n) is 2.72. The first-order valence-corrected chi connectivity index (χ1v) is 4.28. The van der Waals surface area contributed by atoms with Gasteiger partial charge in [-0.2, -0.15) is 0 Å². The molecule has 76 valence electrons. The maximum Gasteiger partial charge on any atom is 0.163 e. The third-order valence-electron chi connectivity index (χ3n) is 1.78. The first-order valence-electron chi connectivity index (χ1n) is 3.90. The third-order valence-corrected chi connectivity index (χ3v) is 2.05. The molecule has 0 unspecified atom stereocenters. The number of aldehydes is 1. The van der Waals surface area contributed by atoms with Crippen LogP contribution in [0.3, 0.4) is 0 Å². The van der Waals surface area contributed by atoms with Crippen LogP contribution in [0, 0.1) is 5.82 Å². The van der Waals surface area contributed by atoms with Crippen LogP contribution in [-0.2, 0) is 11.2 Å². The Balaban J connectivity index is 3.17. The molecule has 0 radical (unpaired) electrons. The van der Waals surface area contributed by atoms with Gasteiger partial charge < -0.3 is 15.0 Å². The molecule has 1 aromatic rings. The van der Waals surface area contributed by atoms with Gasteiger partial charge in [0.15, 0.2) is 11.5 Å². The maximum atomic E-state index is 13.2. The van der Waals surface area contributed by atoms with Gasteiger partial charge >= 0.3 is 0 Å². The van der Waals surface area contributed by atoms with Gasteiger partial charge in [0.2, 0.25) is 0 Å². The van der Waals surface area contributed by atoms with E-state index in [-0.39, 0.29) is 23.4 Å². The molecule has 0 fully saturated rings. The Bertz CT molecular complexity index is 339. The highest BCUT2D eigenvalue weighted by Crippen LogP contribution is 2.35. The number of halogens is 2. The second-order valence-corrected chi connectivity index (χ2v) is 3.13. The molecular weight excluding hydrogens is 211 g/mol. The molecule has 3 nitrogen and oxygen atoms in total. The minimum absolute atomic E-state index is 0.00921. The summed E-state index contributed by atoms with van der Waals surface area (Å²) in [7, 11) is 0. The summed E-state index contributed by atoms with van der Waals surface area (Å²) in [6.07, 6.45) is 0.663. The van der Waals surface area contributed by atoms with Crippen LogP contribution in [0.5, 0.6) is 11.5 Å². The van der Waals surface area contributed by atoms with Gasteiger partial charge in [0.05, 0.1) is 5.02 Å². The van der Waals surface area contributed by atoms with E-state index in [1.165, 1.54) is 0 Å². The summed E-state index contributed by atoms with van der Waals surface area (Å²) in [5.41, 5.74) is -0.137. The van der Waals surface area contributed by atoms with E-state index in [0.29, 0.717) is 6.29 Å². The molecule has 0 atom stereocenters. The summed E-state index contributed by atoms with van der Waals surface area (Å²) in [5.74, 6) is -1.85. The van der Waals surface area contributed by atoms with Crippen LogP contribution in [0.25, 0.3) is 0 Å². The Morgan fingerprint density at radius 2 is 2.14 bits per heavy atom. The molecule has 0 heterocycles. The molecule has 0 aliphatic carbocycles. The van der Waals surface area contributed by atoms with Crippen molar-refractivity contribution in [2.75, 3.05) is 0 Å². The molecule has 0 aliphatic heterocycles. The van der Waals surface area contributed by atoms with Crippen molar-refractivity contribution in [1.29, 1.82) is 0 Å². The van der Waals surface area contributed by atoms with E-state index in [9.17, 15) is 14.3 Å². The van der Waals surface area contributed by atoms with E-state index in [4.69, 9.17) is 16.7 Å². The number of phenols is 2. The lowest BCUT2D eigenvalue weighted by atomic mass is 10.1. The summed E-state index contributed by atoms with van der Waals surface area (Å²) in [6.45, 7) is 0. The van der Waals surface area contributed by atoms with Crippen LogP contribution < -0.4 is 0 Å². The number of carbonyl (C=O) groups is 1. The fraction of sp³-hybridized carbons (Fsp3) is 0.222. The highest BCUT2D eigenvalue weighted by molar-refractivity contribution is 6.31. The quantitative estimate of drug-likeness (QED) is 0.603. The molecule has 14 heavy (non-hydrogen) atoms. The van der Waals surface area contributed by atoms with Crippen molar-refractivity contribution in [3.05, 3.63) is 22.5 Å². The summed E-state index contributed by atoms with van der Waals surface area (Å²) in [6, 6.07) is 0.913. The van der Waals surface area contributed by atoms with Crippen molar-refractivity contribution in [3.63, 3.8) is 0 Å². The Labute approximate surface area is 84.7 Å². The second kappa shape index (κ2) is 4.28. The standard InChI is InChI=1S/C9H8ClFO3/c10-6-4-7(13)9(14)5(8(6)11)2-1-3-12/h3-4,13-14H,1-2H2. The molecular formula is C9H8ClFO3. The minimum atomic E-state index is -0.802. The van der Waals surface area contributed by atoms with Crippen LogP contribution in [-0.4, -0.2) is 16.5 Å². The largest absolute Gasteiger partial charge is 0.504 e. The predicted octanol–water partition coefficient (Wildman–Crippen LogP) is 2.02. The van der Waals surface area contributed by atoms with Crippen molar-refractivity contribution in [1.82, 2.24) is 0 Å². The van der Waals surface area contributed by atoms with Crippen molar-refractivity contribution >= 4 is 17.9 Å². The van der Waals surface area contributed by atoms with Crippen molar-refractivity contribution < 1.29 is 19.4 Å². The Morgan fingerprint density at radius 3 is 2.71 bits per heavy atom. The summed E-state index contributed by atoms with van der Waals surface area (Å²) in [4.78, 5) is 10.1. The molecule has 0 aliphatic rings. The van der Waals surface area contributed by atoms with E-state index in [2.05, 4.69) is 0 Å². The van der Waals surface area contributed by atoms with Gasteiger partial charge in [-0.3, -0.25) is 0 Å². The number of hydrogen-bond donors (Lipinski definition) is 2. The van der Waals surface area contributed by atoms with Gasteiger partial charge in [-0.05, 0) is 6.42 Å². The van der Waals surface area contributed by atoms with Crippen LogP contribution in [0.4, 0.5) is 4.39 Å². The average Bonchev–Trinajstić information content (AvgIpc) is 2.15. The van der Waals surface area contributed by atoms with Crippen LogP contribution in [0.2, 0.25) is 5.02 Å². The van der Waals surface area contributed by atoms with Gasteiger partial charge in [0.1, 0.15) is 12.1 Å². The van der Waals surface area contributed by atoms with Crippen molar-refractivity contribution in [2.24, 2.45) is 0 Å². The Morgan fingerprint density at radius 1 is 1.50 bits per heavy atom. The van der Waals surface area contributed by atoms with Gasteiger partial charge in [-0.1, -0.05) is 11.6 Å². The smallest absolute Gasteiger partial charge is 0.163 e. The molecule has 1 rings (SSSR count). The maximum absolute atomic E-state index is 13.2. The topological polar surface area (TPSA) is 57.5 Å². The van der Waals surface area contributed by atoms with Crippen molar-refractivity contribution in [2.45, 2.75) is 12.8 Å². The molecule has 0 saturated carbocycles. The molecule has 0 bridgehead atoms. The third kappa shape index (κ3) is 1.96. The summed E-state index contributed by atoms with van der Waals surface area (Å²) in [5, 5.41) is 18.1. The predicted molar refractivity (Wildman–Crippen MR) is 49.1 cm³/mol. The molecule has 2 N–H and O–H groups in total. The van der Waals surface area contributed by atoms with Gasteiger partial charge in [-0.15, -0.1) is 0 Å². The molecule has 0 aromatic heterocycles. The number of carbonyl (C=O) groups excluding carboxylic acids is 1. The van der Waals surface area contributed by atoms with E-state index < -0.39 is 17.3 Å². The Hall–Kier alpha value is -1.29. The first-order chi connectivity index (χ1) is 6.57. The molecule has 0 spiro atoms. The fourth-order valence-electron chi connectivity index (χ4n) is 1.09. The highest BCUT2D eigenvalue weighted by atomic mass is 35.5. The van der Waals surface area contributed by atoms with E-state index in [0.717, 1.165) is 6.07 Å². The summed E-state index contributed by atoms with van der Waals surface area (Å²) < 4.78 is 13.2. The van der Waals surface area contributed by atoms with Gasteiger partial charge in [-0.25, -0.2) is 4.39 Å². The zero-order valence-corrected chi connectivity index (χ0v) is 7.88. The van der Waals surface area contributed by atoms with E-state index in [1.807, 2.05) is 0 Å². The molecule has 0 saturated heterocycles. The van der Waals surface area contributed by atoms with E-state index >= 15 is 0 Å². The fourth-order valence-corrected chi connectivity index (χ4v) is 1.30. The van der Waals surface area contributed by atoms with Gasteiger partial charge in [0, 0.05) is 18.1 Å². The number of phenolic OH excluding ortho intramolecular Hbond substituents is 2. The van der Waals surface area contributed by atoms with Gasteiger partial charge in [0.25, 0.3) is 0 Å². The zero-order valence-electron chi connectivity index (χ0n) is 7.13. The average molecular weight is 219 g/mol. The van der Waals surface area contributed by atoms with E-state index in [1.54, 1.807) is 0 Å². The zero-order chi connectivity index (χ0) is 10.7. The van der Waals surface area contributed by atoms with Crippen LogP contribution in [0.15, 0.2) is 6.07 Å². The molecule has 1 aromatic carbocycles. The Kier molecular flexibility index (Phi) is 3.30. The minimum Gasteiger partial charge on any atom is -0.504 e. The number of benzene rings is 1. The number of aromatic hydroxyl groups is 2. The monoisotopic (exact) mass is 218 g/mol. The highest BCUT2D eigenvalue weighted by Gasteiger charge is 2.15. The first kappa shape index (κ1) is 10.8. The lowest BCUT2D eigenvalue weighted by Crippen LogP contribution is -1.94. The normalized spacial score (nSPS) is 10.1. The lowest BCUT2D eigenvalue weighted by molar-refractivity contribution is -0.107. The summed E-state index contributed by atoms with van der Waals surface area (Å²) >= 11 is 5.44. The SMILES string of the molecule is O=CCCc1c(O)c(O)cc(Cl)c1F. The van der Waals surface area contributed by atoms with Crippen LogP contribution in [0.1, 0.15) is 12.0 Å². The molecule has 0 amide bonds. The lowest BCUT2D eigenvalue weighted by Gasteiger charge is -2.07. The molecule has 5 heteroatoms. The number of rotatable bonds is 3. The van der Waals surface area contributed by atoms with Crippen LogP contribution >= 0.6 is 11.6 Å².